The van der Waals surface area contributed by atoms with E-state index >= 15 is 0 Å². The van der Waals surface area contributed by atoms with Gasteiger partial charge in [-0.15, -0.1) is 0 Å². The SMILES string of the molecule is CCCNc1nc(-c2cccc(O)c2)nc(C)c1CC. The summed E-state index contributed by atoms with van der Waals surface area (Å²) in [6.07, 6.45) is 1.95. The van der Waals surface area contributed by atoms with E-state index in [4.69, 9.17) is 0 Å². The number of benzene rings is 1. The summed E-state index contributed by atoms with van der Waals surface area (Å²) in [5.74, 6) is 1.78. The molecular weight excluding hydrogens is 250 g/mol. The van der Waals surface area contributed by atoms with Crippen LogP contribution in [0.4, 0.5) is 5.82 Å². The van der Waals surface area contributed by atoms with Crippen LogP contribution in [-0.2, 0) is 6.42 Å². The molecule has 0 atom stereocenters. The van der Waals surface area contributed by atoms with Crippen molar-refractivity contribution in [1.29, 1.82) is 0 Å². The van der Waals surface area contributed by atoms with Gasteiger partial charge in [0.1, 0.15) is 11.6 Å². The molecule has 2 aromatic rings. The summed E-state index contributed by atoms with van der Waals surface area (Å²) in [6.45, 7) is 7.13. The van der Waals surface area contributed by atoms with E-state index in [0.29, 0.717) is 5.82 Å². The monoisotopic (exact) mass is 271 g/mol. The molecule has 0 bridgehead atoms. The highest BCUT2D eigenvalue weighted by atomic mass is 16.3. The number of aryl methyl sites for hydroxylation is 1. The van der Waals surface area contributed by atoms with Crippen molar-refractivity contribution in [3.8, 4) is 17.1 Å². The number of nitrogens with one attached hydrogen (secondary N) is 1. The summed E-state index contributed by atoms with van der Waals surface area (Å²) in [6, 6.07) is 7.04. The van der Waals surface area contributed by atoms with Crippen molar-refractivity contribution in [3.63, 3.8) is 0 Å². The highest BCUT2D eigenvalue weighted by molar-refractivity contribution is 5.61. The second kappa shape index (κ2) is 6.37. The molecule has 106 valence electrons. The number of aromatic hydroxyl groups is 1. The van der Waals surface area contributed by atoms with Crippen LogP contribution in [-0.4, -0.2) is 21.6 Å². The minimum Gasteiger partial charge on any atom is -0.508 e. The van der Waals surface area contributed by atoms with E-state index in [1.165, 1.54) is 0 Å². The molecule has 0 amide bonds. The summed E-state index contributed by atoms with van der Waals surface area (Å²) in [5, 5.41) is 12.9. The van der Waals surface area contributed by atoms with Gasteiger partial charge in [0, 0.05) is 23.4 Å². The lowest BCUT2D eigenvalue weighted by Crippen LogP contribution is -2.09. The third-order valence-electron chi connectivity index (χ3n) is 3.21. The Morgan fingerprint density at radius 3 is 2.65 bits per heavy atom. The zero-order chi connectivity index (χ0) is 14.5. The van der Waals surface area contributed by atoms with Crippen LogP contribution in [0.15, 0.2) is 24.3 Å². The molecule has 1 heterocycles. The lowest BCUT2D eigenvalue weighted by atomic mass is 10.1. The molecule has 1 aromatic heterocycles. The first-order valence-corrected chi connectivity index (χ1v) is 7.06. The number of phenolic OH excluding ortho intramolecular Hbond substituents is 1. The third kappa shape index (κ3) is 3.07. The van der Waals surface area contributed by atoms with Crippen LogP contribution in [0.25, 0.3) is 11.4 Å². The Morgan fingerprint density at radius 2 is 2.00 bits per heavy atom. The topological polar surface area (TPSA) is 58.0 Å². The normalized spacial score (nSPS) is 10.6. The summed E-state index contributed by atoms with van der Waals surface area (Å²) < 4.78 is 0. The fourth-order valence-electron chi connectivity index (χ4n) is 2.18. The Balaban J connectivity index is 2.47. The zero-order valence-electron chi connectivity index (χ0n) is 12.3. The van der Waals surface area contributed by atoms with E-state index in [1.807, 2.05) is 13.0 Å². The number of phenols is 1. The van der Waals surface area contributed by atoms with Crippen LogP contribution in [0.3, 0.4) is 0 Å². The Hall–Kier alpha value is -2.10. The molecule has 0 aliphatic carbocycles. The van der Waals surface area contributed by atoms with Crippen LogP contribution in [0.1, 0.15) is 31.5 Å². The van der Waals surface area contributed by atoms with Gasteiger partial charge in [-0.05, 0) is 31.9 Å². The number of hydrogen-bond donors (Lipinski definition) is 2. The average Bonchev–Trinajstić information content (AvgIpc) is 2.44. The summed E-state index contributed by atoms with van der Waals surface area (Å²) in [5.41, 5.74) is 2.97. The second-order valence-electron chi connectivity index (χ2n) is 4.79. The van der Waals surface area contributed by atoms with Crippen molar-refractivity contribution < 1.29 is 5.11 Å². The Labute approximate surface area is 119 Å². The largest absolute Gasteiger partial charge is 0.508 e. The molecule has 0 radical (unpaired) electrons. The van der Waals surface area contributed by atoms with Gasteiger partial charge in [0.2, 0.25) is 0 Å². The van der Waals surface area contributed by atoms with E-state index in [2.05, 4.69) is 29.1 Å². The summed E-state index contributed by atoms with van der Waals surface area (Å²) >= 11 is 0. The highest BCUT2D eigenvalue weighted by Crippen LogP contribution is 2.24. The van der Waals surface area contributed by atoms with E-state index in [9.17, 15) is 5.11 Å². The lowest BCUT2D eigenvalue weighted by molar-refractivity contribution is 0.475. The predicted octanol–water partition coefficient (Wildman–Crippen LogP) is 3.54. The number of rotatable bonds is 5. The summed E-state index contributed by atoms with van der Waals surface area (Å²) in [7, 11) is 0. The first kappa shape index (κ1) is 14.3. The van der Waals surface area contributed by atoms with E-state index in [-0.39, 0.29) is 5.75 Å². The number of nitrogens with zero attached hydrogens (tertiary/aromatic N) is 2. The molecule has 4 heteroatoms. The second-order valence-corrected chi connectivity index (χ2v) is 4.79. The van der Waals surface area contributed by atoms with Crippen molar-refractivity contribution in [2.75, 3.05) is 11.9 Å². The van der Waals surface area contributed by atoms with Gasteiger partial charge in [-0.2, -0.15) is 0 Å². The quantitative estimate of drug-likeness (QED) is 0.873. The molecule has 0 saturated heterocycles. The number of hydrogen-bond acceptors (Lipinski definition) is 4. The molecule has 0 aliphatic rings. The molecule has 20 heavy (non-hydrogen) atoms. The molecule has 0 aliphatic heterocycles. The molecule has 0 unspecified atom stereocenters. The van der Waals surface area contributed by atoms with E-state index in [1.54, 1.807) is 18.2 Å². The van der Waals surface area contributed by atoms with E-state index < -0.39 is 0 Å². The van der Waals surface area contributed by atoms with Gasteiger partial charge in [-0.1, -0.05) is 26.0 Å². The van der Waals surface area contributed by atoms with Crippen molar-refractivity contribution in [2.24, 2.45) is 0 Å². The standard InChI is InChI=1S/C16H21N3O/c1-4-9-17-16-14(5-2)11(3)18-15(19-16)12-7-6-8-13(20)10-12/h6-8,10,20H,4-5,9H2,1-3H3,(H,17,18,19). The molecule has 1 aromatic carbocycles. The Morgan fingerprint density at radius 1 is 1.20 bits per heavy atom. The molecule has 0 fully saturated rings. The predicted molar refractivity (Wildman–Crippen MR) is 82.0 cm³/mol. The lowest BCUT2D eigenvalue weighted by Gasteiger charge is -2.13. The van der Waals surface area contributed by atoms with Crippen LogP contribution >= 0.6 is 0 Å². The molecule has 0 saturated carbocycles. The Bertz CT molecular complexity index is 596. The number of aromatic nitrogens is 2. The van der Waals surface area contributed by atoms with Gasteiger partial charge in [0.25, 0.3) is 0 Å². The fraction of sp³-hybridized carbons (Fsp3) is 0.375. The maximum absolute atomic E-state index is 9.58. The zero-order valence-corrected chi connectivity index (χ0v) is 12.3. The average molecular weight is 271 g/mol. The number of anilines is 1. The first-order chi connectivity index (χ1) is 9.65. The van der Waals surface area contributed by atoms with Crippen molar-refractivity contribution in [1.82, 2.24) is 9.97 Å². The molecule has 2 rings (SSSR count). The van der Waals surface area contributed by atoms with Crippen LogP contribution in [0, 0.1) is 6.92 Å². The minimum atomic E-state index is 0.228. The van der Waals surface area contributed by atoms with Crippen LogP contribution < -0.4 is 5.32 Å². The fourth-order valence-corrected chi connectivity index (χ4v) is 2.18. The van der Waals surface area contributed by atoms with E-state index in [0.717, 1.165) is 42.0 Å². The molecule has 0 spiro atoms. The van der Waals surface area contributed by atoms with Crippen molar-refractivity contribution in [2.45, 2.75) is 33.6 Å². The van der Waals surface area contributed by atoms with Gasteiger partial charge in [0.05, 0.1) is 0 Å². The minimum absolute atomic E-state index is 0.228. The smallest absolute Gasteiger partial charge is 0.161 e. The van der Waals surface area contributed by atoms with Gasteiger partial charge in [-0.3, -0.25) is 0 Å². The van der Waals surface area contributed by atoms with Gasteiger partial charge in [0.15, 0.2) is 5.82 Å². The Kier molecular flexibility index (Phi) is 4.56. The molecular formula is C16H21N3O. The first-order valence-electron chi connectivity index (χ1n) is 7.06. The maximum Gasteiger partial charge on any atom is 0.161 e. The highest BCUT2D eigenvalue weighted by Gasteiger charge is 2.11. The molecule has 4 nitrogen and oxygen atoms in total. The summed E-state index contributed by atoms with van der Waals surface area (Å²) in [4.78, 5) is 9.18. The van der Waals surface area contributed by atoms with Crippen LogP contribution in [0.2, 0.25) is 0 Å². The van der Waals surface area contributed by atoms with Crippen molar-refractivity contribution >= 4 is 5.82 Å². The van der Waals surface area contributed by atoms with Gasteiger partial charge in [-0.25, -0.2) is 9.97 Å². The van der Waals surface area contributed by atoms with Crippen molar-refractivity contribution in [3.05, 3.63) is 35.5 Å². The van der Waals surface area contributed by atoms with Gasteiger partial charge < -0.3 is 10.4 Å². The molecule has 2 N–H and O–H groups in total. The van der Waals surface area contributed by atoms with Crippen LogP contribution in [0.5, 0.6) is 5.75 Å². The van der Waals surface area contributed by atoms with Gasteiger partial charge >= 0.3 is 0 Å². The third-order valence-corrected chi connectivity index (χ3v) is 3.21. The maximum atomic E-state index is 9.58.